The summed E-state index contributed by atoms with van der Waals surface area (Å²) in [5, 5.41) is 4.96. The van der Waals surface area contributed by atoms with Crippen LogP contribution in [0.5, 0.6) is 5.75 Å². The summed E-state index contributed by atoms with van der Waals surface area (Å²) in [7, 11) is 0. The predicted molar refractivity (Wildman–Crippen MR) is 111 cm³/mol. The van der Waals surface area contributed by atoms with E-state index >= 15 is 0 Å². The van der Waals surface area contributed by atoms with Crippen LogP contribution in [0.3, 0.4) is 0 Å². The van der Waals surface area contributed by atoms with Gasteiger partial charge in [-0.2, -0.15) is 8.78 Å². The number of hydrogen-bond donors (Lipinski definition) is 2. The second-order valence-electron chi connectivity index (χ2n) is 6.69. The van der Waals surface area contributed by atoms with Gasteiger partial charge in [-0.25, -0.2) is 4.39 Å². The molecule has 0 heterocycles. The number of carbonyl (C=O) groups excluding carboxylic acids is 2. The van der Waals surface area contributed by atoms with Gasteiger partial charge < -0.3 is 15.4 Å². The molecule has 2 N–H and O–H groups in total. The summed E-state index contributed by atoms with van der Waals surface area (Å²) in [5.74, 6) is -1.70. The highest BCUT2D eigenvalue weighted by molar-refractivity contribution is 6.05. The molecule has 0 unspecified atom stereocenters. The van der Waals surface area contributed by atoms with Crippen LogP contribution in [-0.2, 0) is 11.2 Å². The first kappa shape index (κ1) is 21.9. The van der Waals surface area contributed by atoms with Crippen LogP contribution in [0.25, 0.3) is 0 Å². The number of ether oxygens (including phenoxy) is 1. The van der Waals surface area contributed by atoms with Gasteiger partial charge in [0.05, 0.1) is 5.69 Å². The summed E-state index contributed by atoms with van der Waals surface area (Å²) in [6, 6.07) is 17.1. The summed E-state index contributed by atoms with van der Waals surface area (Å²) in [6.45, 7) is -1.76. The van der Waals surface area contributed by atoms with Crippen LogP contribution in [0.15, 0.2) is 66.7 Å². The number of benzene rings is 3. The Balaban J connectivity index is 1.85. The van der Waals surface area contributed by atoms with Crippen molar-refractivity contribution in [3.05, 3.63) is 89.2 Å². The number of halogens is 3. The van der Waals surface area contributed by atoms with Crippen LogP contribution in [0.4, 0.5) is 24.5 Å². The third kappa shape index (κ3) is 6.08. The molecule has 0 radical (unpaired) electrons. The van der Waals surface area contributed by atoms with Gasteiger partial charge in [0.25, 0.3) is 5.91 Å². The average molecular weight is 428 g/mol. The van der Waals surface area contributed by atoms with Crippen LogP contribution in [0.2, 0.25) is 0 Å². The highest BCUT2D eigenvalue weighted by atomic mass is 19.3. The lowest BCUT2D eigenvalue weighted by Gasteiger charge is -2.14. The lowest BCUT2D eigenvalue weighted by molar-refractivity contribution is -0.114. The van der Waals surface area contributed by atoms with Gasteiger partial charge in [0.15, 0.2) is 0 Å². The molecule has 3 aromatic carbocycles. The number of anilines is 2. The van der Waals surface area contributed by atoms with E-state index in [9.17, 15) is 22.8 Å². The zero-order valence-electron chi connectivity index (χ0n) is 16.5. The number of carbonyl (C=O) groups is 2. The van der Waals surface area contributed by atoms with Crippen LogP contribution in [0.1, 0.15) is 28.4 Å². The lowest BCUT2D eigenvalue weighted by atomic mass is 10.0. The normalized spacial score (nSPS) is 10.6. The third-order valence-electron chi connectivity index (χ3n) is 4.31. The van der Waals surface area contributed by atoms with Gasteiger partial charge in [-0.15, -0.1) is 0 Å². The first-order chi connectivity index (χ1) is 14.8. The van der Waals surface area contributed by atoms with Gasteiger partial charge in [0, 0.05) is 30.2 Å². The monoisotopic (exact) mass is 428 g/mol. The Bertz CT molecular complexity index is 1090. The molecule has 0 aliphatic heterocycles. The molecule has 0 aliphatic rings. The molecule has 0 saturated heterocycles. The van der Waals surface area contributed by atoms with Crippen molar-refractivity contribution in [2.45, 2.75) is 20.0 Å². The quantitative estimate of drug-likeness (QED) is 0.542. The predicted octanol–water partition coefficient (Wildman–Crippen LogP) is 5.23. The summed E-state index contributed by atoms with van der Waals surface area (Å²) in [6.07, 6.45) is 0.315. The topological polar surface area (TPSA) is 67.4 Å². The molecule has 0 atom stereocenters. The molecule has 0 spiro atoms. The second-order valence-corrected chi connectivity index (χ2v) is 6.69. The molecule has 0 saturated carbocycles. The van der Waals surface area contributed by atoms with Crippen LogP contribution >= 0.6 is 0 Å². The number of nitrogens with one attached hydrogen (secondary N) is 2. The zero-order valence-corrected chi connectivity index (χ0v) is 16.5. The Morgan fingerprint density at radius 3 is 2.39 bits per heavy atom. The maximum absolute atomic E-state index is 13.8. The molecule has 0 bridgehead atoms. The van der Waals surface area contributed by atoms with Crippen LogP contribution in [-0.4, -0.2) is 18.4 Å². The minimum Gasteiger partial charge on any atom is -0.435 e. The summed E-state index contributed by atoms with van der Waals surface area (Å²) >= 11 is 0. The number of alkyl halides is 2. The number of amides is 2. The van der Waals surface area contributed by atoms with E-state index in [1.807, 2.05) is 30.3 Å². The number of rotatable bonds is 7. The van der Waals surface area contributed by atoms with Crippen molar-refractivity contribution < 1.29 is 27.5 Å². The fourth-order valence-corrected chi connectivity index (χ4v) is 2.98. The van der Waals surface area contributed by atoms with E-state index in [1.165, 1.54) is 31.2 Å². The Hall–Kier alpha value is -3.81. The van der Waals surface area contributed by atoms with Crippen molar-refractivity contribution in [2.75, 3.05) is 10.6 Å². The minimum absolute atomic E-state index is 0.00609. The van der Waals surface area contributed by atoms with Crippen molar-refractivity contribution in [1.29, 1.82) is 0 Å². The van der Waals surface area contributed by atoms with E-state index in [-0.39, 0.29) is 17.0 Å². The molecule has 8 heteroatoms. The average Bonchev–Trinajstić information content (AvgIpc) is 2.71. The molecule has 0 fully saturated rings. The third-order valence-corrected chi connectivity index (χ3v) is 4.31. The van der Waals surface area contributed by atoms with Gasteiger partial charge in [-0.05, 0) is 42.0 Å². The van der Waals surface area contributed by atoms with Crippen molar-refractivity contribution >= 4 is 23.2 Å². The summed E-state index contributed by atoms with van der Waals surface area (Å²) < 4.78 is 44.0. The van der Waals surface area contributed by atoms with Crippen molar-refractivity contribution in [3.8, 4) is 5.75 Å². The van der Waals surface area contributed by atoms with Crippen LogP contribution < -0.4 is 15.4 Å². The van der Waals surface area contributed by atoms with E-state index in [2.05, 4.69) is 15.4 Å². The maximum atomic E-state index is 13.8. The SMILES string of the molecule is CC(=O)Nc1cc(C(=O)Nc2ccc(OC(F)F)c(Cc3ccccc3)c2)ccc1F. The molecule has 2 amide bonds. The standard InChI is InChI=1S/C23H19F3N2O3/c1-14(29)27-20-13-16(7-9-19(20)24)22(30)28-18-8-10-21(31-23(25)26)17(12-18)11-15-5-3-2-4-6-15/h2-10,12-13,23H,11H2,1H3,(H,27,29)(H,28,30). The van der Waals surface area contributed by atoms with Crippen LogP contribution in [0, 0.1) is 5.82 Å². The fraction of sp³-hybridized carbons (Fsp3) is 0.130. The molecule has 31 heavy (non-hydrogen) atoms. The van der Waals surface area contributed by atoms with Gasteiger partial charge in [-0.1, -0.05) is 30.3 Å². The first-order valence-electron chi connectivity index (χ1n) is 9.32. The summed E-state index contributed by atoms with van der Waals surface area (Å²) in [5.41, 5.74) is 1.68. The lowest BCUT2D eigenvalue weighted by Crippen LogP contribution is -2.14. The zero-order chi connectivity index (χ0) is 22.4. The molecule has 0 aromatic heterocycles. The Kier molecular flexibility index (Phi) is 6.92. The molecule has 3 aromatic rings. The smallest absolute Gasteiger partial charge is 0.387 e. The van der Waals surface area contributed by atoms with Crippen molar-refractivity contribution in [3.63, 3.8) is 0 Å². The molecular weight excluding hydrogens is 409 g/mol. The van der Waals surface area contributed by atoms with E-state index in [0.717, 1.165) is 11.6 Å². The molecule has 0 aliphatic carbocycles. The number of hydrogen-bond acceptors (Lipinski definition) is 3. The van der Waals surface area contributed by atoms with E-state index in [1.54, 1.807) is 6.07 Å². The van der Waals surface area contributed by atoms with Gasteiger partial charge in [-0.3, -0.25) is 9.59 Å². The molecule has 160 valence electrons. The van der Waals surface area contributed by atoms with Gasteiger partial charge in [0.2, 0.25) is 5.91 Å². The summed E-state index contributed by atoms with van der Waals surface area (Å²) in [4.78, 5) is 23.8. The van der Waals surface area contributed by atoms with Gasteiger partial charge in [0.1, 0.15) is 11.6 Å². The van der Waals surface area contributed by atoms with Gasteiger partial charge >= 0.3 is 6.61 Å². The largest absolute Gasteiger partial charge is 0.435 e. The maximum Gasteiger partial charge on any atom is 0.387 e. The van der Waals surface area contributed by atoms with E-state index < -0.39 is 24.2 Å². The highest BCUT2D eigenvalue weighted by Crippen LogP contribution is 2.27. The Morgan fingerprint density at radius 2 is 1.71 bits per heavy atom. The molecule has 5 nitrogen and oxygen atoms in total. The highest BCUT2D eigenvalue weighted by Gasteiger charge is 2.14. The first-order valence-corrected chi connectivity index (χ1v) is 9.32. The van der Waals surface area contributed by atoms with Crippen molar-refractivity contribution in [2.24, 2.45) is 0 Å². The molecular formula is C23H19F3N2O3. The van der Waals surface area contributed by atoms with E-state index in [4.69, 9.17) is 0 Å². The second kappa shape index (κ2) is 9.80. The molecule has 3 rings (SSSR count). The van der Waals surface area contributed by atoms with Crippen molar-refractivity contribution in [1.82, 2.24) is 0 Å². The fourth-order valence-electron chi connectivity index (χ4n) is 2.98. The Labute approximate surface area is 176 Å². The Morgan fingerprint density at radius 1 is 0.968 bits per heavy atom. The van der Waals surface area contributed by atoms with E-state index in [0.29, 0.717) is 17.7 Å². The minimum atomic E-state index is -2.98.